The molecule has 1 heterocycles. The van der Waals surface area contributed by atoms with E-state index in [2.05, 4.69) is 38.4 Å². The van der Waals surface area contributed by atoms with Gasteiger partial charge in [-0.25, -0.2) is 0 Å². The van der Waals surface area contributed by atoms with Crippen LogP contribution in [0.5, 0.6) is 0 Å². The third kappa shape index (κ3) is 3.57. The summed E-state index contributed by atoms with van der Waals surface area (Å²) < 4.78 is 1.05. The van der Waals surface area contributed by atoms with Gasteiger partial charge in [-0.05, 0) is 23.1 Å². The summed E-state index contributed by atoms with van der Waals surface area (Å²) in [6.45, 7) is 7.39. The molecule has 0 aliphatic carbocycles. The average molecular weight is 337 g/mol. The molecule has 0 aliphatic rings. The lowest BCUT2D eigenvalue weighted by molar-refractivity contribution is 0.0628. The van der Waals surface area contributed by atoms with Crippen LogP contribution in [-0.4, -0.2) is 22.7 Å². The van der Waals surface area contributed by atoms with Gasteiger partial charge in [0.05, 0.1) is 11.6 Å². The first-order chi connectivity index (χ1) is 9.39. The highest BCUT2D eigenvalue weighted by atomic mass is 79.9. The Balaban J connectivity index is 2.10. The van der Waals surface area contributed by atoms with Crippen LogP contribution >= 0.6 is 15.9 Å². The topological polar surface area (TPSA) is 45.1 Å². The van der Waals surface area contributed by atoms with Gasteiger partial charge in [0, 0.05) is 29.1 Å². The Morgan fingerprint density at radius 1 is 1.30 bits per heavy atom. The lowest BCUT2D eigenvalue weighted by Crippen LogP contribution is -2.36. The number of hydrogen-bond acceptors (Lipinski definition) is 3. The van der Waals surface area contributed by atoms with Gasteiger partial charge in [0.2, 0.25) is 0 Å². The molecule has 0 aliphatic heterocycles. The molecule has 108 valence electrons. The number of benzene rings is 1. The molecule has 20 heavy (non-hydrogen) atoms. The van der Waals surface area contributed by atoms with Gasteiger partial charge in [0.25, 0.3) is 0 Å². The van der Waals surface area contributed by atoms with Crippen molar-refractivity contribution in [3.8, 4) is 0 Å². The van der Waals surface area contributed by atoms with Crippen LogP contribution in [0.25, 0.3) is 10.9 Å². The molecule has 0 saturated heterocycles. The van der Waals surface area contributed by atoms with Gasteiger partial charge in [0.1, 0.15) is 0 Å². The van der Waals surface area contributed by atoms with Crippen LogP contribution in [0.15, 0.2) is 34.9 Å². The molecule has 4 heteroatoms. The maximum atomic E-state index is 10.0. The maximum absolute atomic E-state index is 10.0. The smallest absolute Gasteiger partial charge is 0.0758 e. The fraction of sp³-hybridized carbons (Fsp3) is 0.438. The van der Waals surface area contributed by atoms with E-state index >= 15 is 0 Å². The molecular formula is C16H21BrN2O. The third-order valence-corrected chi connectivity index (χ3v) is 4.14. The van der Waals surface area contributed by atoms with Crippen molar-refractivity contribution < 1.29 is 5.11 Å². The molecule has 0 fully saturated rings. The summed E-state index contributed by atoms with van der Waals surface area (Å²) in [6.07, 6.45) is 1.44. The zero-order chi connectivity index (χ0) is 14.8. The zero-order valence-electron chi connectivity index (χ0n) is 12.2. The van der Waals surface area contributed by atoms with Gasteiger partial charge in [-0.15, -0.1) is 0 Å². The van der Waals surface area contributed by atoms with Gasteiger partial charge >= 0.3 is 0 Å². The van der Waals surface area contributed by atoms with Crippen LogP contribution in [0.2, 0.25) is 0 Å². The van der Waals surface area contributed by atoms with Gasteiger partial charge in [-0.2, -0.15) is 0 Å². The van der Waals surface area contributed by atoms with E-state index < -0.39 is 0 Å². The van der Waals surface area contributed by atoms with Crippen molar-refractivity contribution >= 4 is 26.8 Å². The lowest BCUT2D eigenvalue weighted by Gasteiger charge is -2.26. The Morgan fingerprint density at radius 3 is 2.75 bits per heavy atom. The van der Waals surface area contributed by atoms with Crippen LogP contribution in [-0.2, 0) is 6.54 Å². The molecule has 2 rings (SSSR count). The van der Waals surface area contributed by atoms with Crippen LogP contribution < -0.4 is 5.32 Å². The van der Waals surface area contributed by atoms with Crippen molar-refractivity contribution in [1.82, 2.24) is 10.3 Å². The van der Waals surface area contributed by atoms with E-state index in [1.807, 2.05) is 39.1 Å². The van der Waals surface area contributed by atoms with Crippen molar-refractivity contribution in [2.24, 2.45) is 5.41 Å². The number of aromatic nitrogens is 1. The van der Waals surface area contributed by atoms with E-state index in [9.17, 15) is 5.11 Å². The summed E-state index contributed by atoms with van der Waals surface area (Å²) in [5, 5.41) is 14.5. The number of aliphatic hydroxyl groups is 1. The molecule has 0 spiro atoms. The normalized spacial score (nSPS) is 13.7. The molecule has 2 aromatic rings. The summed E-state index contributed by atoms with van der Waals surface area (Å²) in [4.78, 5) is 4.46. The van der Waals surface area contributed by atoms with Crippen LogP contribution in [0, 0.1) is 5.41 Å². The summed E-state index contributed by atoms with van der Waals surface area (Å²) in [5.74, 6) is 0. The second-order valence-corrected chi connectivity index (χ2v) is 6.97. The molecule has 1 aromatic carbocycles. The zero-order valence-corrected chi connectivity index (χ0v) is 13.7. The van der Waals surface area contributed by atoms with Crippen molar-refractivity contribution in [2.45, 2.75) is 33.4 Å². The molecular weight excluding hydrogens is 316 g/mol. The number of rotatable bonds is 4. The van der Waals surface area contributed by atoms with Crippen molar-refractivity contribution in [2.75, 3.05) is 6.54 Å². The largest absolute Gasteiger partial charge is 0.391 e. The quantitative estimate of drug-likeness (QED) is 0.898. The molecule has 0 amide bonds. The molecule has 1 unspecified atom stereocenters. The van der Waals surface area contributed by atoms with Gasteiger partial charge in [-0.1, -0.05) is 48.8 Å². The van der Waals surface area contributed by atoms with Crippen LogP contribution in [0.1, 0.15) is 26.3 Å². The average Bonchev–Trinajstić information content (AvgIpc) is 2.40. The highest BCUT2D eigenvalue weighted by Crippen LogP contribution is 2.25. The Morgan fingerprint density at radius 2 is 2.05 bits per heavy atom. The molecule has 1 aromatic heterocycles. The first kappa shape index (κ1) is 15.4. The lowest BCUT2D eigenvalue weighted by atomic mass is 9.89. The summed E-state index contributed by atoms with van der Waals surface area (Å²) >= 11 is 3.55. The Hall–Kier alpha value is -0.970. The fourth-order valence-corrected chi connectivity index (χ4v) is 2.44. The van der Waals surface area contributed by atoms with E-state index in [-0.39, 0.29) is 11.5 Å². The van der Waals surface area contributed by atoms with E-state index in [0.717, 1.165) is 20.9 Å². The summed E-state index contributed by atoms with van der Waals surface area (Å²) in [7, 11) is 0. The molecule has 3 nitrogen and oxygen atoms in total. The minimum Gasteiger partial charge on any atom is -0.391 e. The minimum atomic E-state index is -0.364. The van der Waals surface area contributed by atoms with Gasteiger partial charge < -0.3 is 10.4 Å². The van der Waals surface area contributed by atoms with Crippen LogP contribution in [0.3, 0.4) is 0 Å². The van der Waals surface area contributed by atoms with E-state index in [1.54, 1.807) is 0 Å². The number of pyridine rings is 1. The number of nitrogens with zero attached hydrogens (tertiary/aromatic N) is 1. The van der Waals surface area contributed by atoms with E-state index in [4.69, 9.17) is 0 Å². The fourth-order valence-electron chi connectivity index (χ4n) is 1.99. The Labute approximate surface area is 128 Å². The van der Waals surface area contributed by atoms with E-state index in [0.29, 0.717) is 13.1 Å². The van der Waals surface area contributed by atoms with Crippen molar-refractivity contribution in [1.29, 1.82) is 0 Å². The first-order valence-corrected chi connectivity index (χ1v) is 7.60. The number of hydrogen-bond donors (Lipinski definition) is 2. The Bertz CT molecular complexity index is 593. The number of nitrogens with one attached hydrogen (secondary N) is 1. The maximum Gasteiger partial charge on any atom is 0.0758 e. The van der Waals surface area contributed by atoms with Crippen molar-refractivity contribution in [3.05, 3.63) is 40.5 Å². The highest BCUT2D eigenvalue weighted by Gasteiger charge is 2.21. The second kappa shape index (κ2) is 6.20. The van der Waals surface area contributed by atoms with Gasteiger partial charge in [0.15, 0.2) is 0 Å². The highest BCUT2D eigenvalue weighted by molar-refractivity contribution is 9.10. The number of fused-ring (bicyclic) bond motifs is 1. The monoisotopic (exact) mass is 336 g/mol. The molecule has 2 N–H and O–H groups in total. The third-order valence-electron chi connectivity index (χ3n) is 3.45. The predicted octanol–water partition coefficient (Wildman–Crippen LogP) is 3.49. The van der Waals surface area contributed by atoms with E-state index in [1.165, 1.54) is 0 Å². The first-order valence-electron chi connectivity index (χ1n) is 6.80. The number of halogens is 1. The molecule has 0 saturated carbocycles. The molecule has 0 bridgehead atoms. The predicted molar refractivity (Wildman–Crippen MR) is 86.6 cm³/mol. The SMILES string of the molecule is CC(C)(C)C(O)CNCc1ccc(Br)c2cccnc12. The minimum absolute atomic E-state index is 0.104. The standard InChI is InChI=1S/C16H21BrN2O/c1-16(2,3)14(20)10-18-9-11-6-7-13(17)12-5-4-8-19-15(11)12/h4-8,14,18,20H,9-10H2,1-3H3. The van der Waals surface area contributed by atoms with Crippen LogP contribution in [0.4, 0.5) is 0 Å². The second-order valence-electron chi connectivity index (χ2n) is 6.12. The van der Waals surface area contributed by atoms with Crippen molar-refractivity contribution in [3.63, 3.8) is 0 Å². The number of aliphatic hydroxyl groups excluding tert-OH is 1. The summed E-state index contributed by atoms with van der Waals surface area (Å²) in [6, 6.07) is 8.10. The summed E-state index contributed by atoms with van der Waals surface area (Å²) in [5.41, 5.74) is 2.04. The molecule has 1 atom stereocenters. The Kier molecular flexibility index (Phi) is 4.78. The molecule has 0 radical (unpaired) electrons. The van der Waals surface area contributed by atoms with Gasteiger partial charge in [-0.3, -0.25) is 4.98 Å².